The van der Waals surface area contributed by atoms with Crippen LogP contribution in [0.4, 0.5) is 4.39 Å². The number of nitrogens with two attached hydrogens (primary N) is 1. The molecule has 1 aromatic carbocycles. The molecule has 1 aromatic heterocycles. The van der Waals surface area contributed by atoms with Gasteiger partial charge in [0, 0.05) is 24.7 Å². The van der Waals surface area contributed by atoms with Crippen LogP contribution in [0.3, 0.4) is 0 Å². The molecule has 2 aromatic rings. The highest BCUT2D eigenvalue weighted by atomic mass is 19.1. The van der Waals surface area contributed by atoms with E-state index in [1.54, 1.807) is 12.1 Å². The third kappa shape index (κ3) is 1.93. The number of aryl methyl sites for hydroxylation is 1. The maximum Gasteiger partial charge on any atom is 0.125 e. The molecular weight excluding hydrogens is 227 g/mol. The number of hydrogen-bond donors (Lipinski definition) is 1. The molecule has 0 saturated heterocycles. The fourth-order valence-corrected chi connectivity index (χ4v) is 3.21. The van der Waals surface area contributed by atoms with E-state index < -0.39 is 0 Å². The Balaban J connectivity index is 1.97. The lowest BCUT2D eigenvalue weighted by molar-refractivity contribution is 0.480. The Labute approximate surface area is 107 Å². The summed E-state index contributed by atoms with van der Waals surface area (Å²) in [6.45, 7) is 0. The van der Waals surface area contributed by atoms with Crippen molar-refractivity contribution >= 4 is 10.9 Å². The fraction of sp³-hybridized carbons (Fsp3) is 0.467. The second kappa shape index (κ2) is 4.39. The number of halogens is 1. The van der Waals surface area contributed by atoms with Crippen LogP contribution in [0.15, 0.2) is 24.4 Å². The van der Waals surface area contributed by atoms with Gasteiger partial charge in [0.15, 0.2) is 0 Å². The molecule has 0 radical (unpaired) electrons. The molecule has 2 atom stereocenters. The molecule has 1 fully saturated rings. The van der Waals surface area contributed by atoms with Gasteiger partial charge in [-0.1, -0.05) is 6.42 Å². The predicted molar refractivity (Wildman–Crippen MR) is 71.9 cm³/mol. The highest BCUT2D eigenvalue weighted by molar-refractivity contribution is 5.84. The maximum absolute atomic E-state index is 13.3. The minimum Gasteiger partial charge on any atom is -0.350 e. The molecular formula is C15H19FN2. The Morgan fingerprint density at radius 2 is 2.22 bits per heavy atom. The van der Waals surface area contributed by atoms with Crippen LogP contribution in [0.2, 0.25) is 0 Å². The van der Waals surface area contributed by atoms with Gasteiger partial charge >= 0.3 is 0 Å². The molecule has 2 N–H and O–H groups in total. The van der Waals surface area contributed by atoms with Gasteiger partial charge in [-0.05, 0) is 48.9 Å². The Morgan fingerprint density at radius 3 is 2.94 bits per heavy atom. The highest BCUT2D eigenvalue weighted by Gasteiger charge is 2.25. The second-order valence-electron chi connectivity index (χ2n) is 5.49. The predicted octanol–water partition coefficient (Wildman–Crippen LogP) is 2.99. The van der Waals surface area contributed by atoms with Gasteiger partial charge in [-0.25, -0.2) is 4.39 Å². The van der Waals surface area contributed by atoms with Crippen molar-refractivity contribution in [1.29, 1.82) is 0 Å². The largest absolute Gasteiger partial charge is 0.350 e. The first-order valence-corrected chi connectivity index (χ1v) is 6.64. The minimum atomic E-state index is -0.173. The van der Waals surface area contributed by atoms with Gasteiger partial charge in [0.25, 0.3) is 0 Å². The third-order valence-electron chi connectivity index (χ3n) is 4.24. The summed E-state index contributed by atoms with van der Waals surface area (Å²) >= 11 is 0. The Morgan fingerprint density at radius 1 is 1.39 bits per heavy atom. The van der Waals surface area contributed by atoms with Crippen molar-refractivity contribution in [3.05, 3.63) is 35.8 Å². The third-order valence-corrected chi connectivity index (χ3v) is 4.24. The minimum absolute atomic E-state index is 0.173. The van der Waals surface area contributed by atoms with Crippen molar-refractivity contribution < 1.29 is 4.39 Å². The molecule has 0 aliphatic heterocycles. The maximum atomic E-state index is 13.3. The Kier molecular flexibility index (Phi) is 2.86. The molecule has 0 bridgehead atoms. The lowest BCUT2D eigenvalue weighted by Gasteiger charge is -2.14. The average molecular weight is 246 g/mol. The van der Waals surface area contributed by atoms with Crippen molar-refractivity contribution in [2.75, 3.05) is 0 Å². The number of nitrogens with zero attached hydrogens (tertiary/aromatic N) is 1. The molecule has 1 aliphatic rings. The number of hydrogen-bond acceptors (Lipinski definition) is 1. The van der Waals surface area contributed by atoms with Crippen molar-refractivity contribution in [3.63, 3.8) is 0 Å². The van der Waals surface area contributed by atoms with Crippen LogP contribution >= 0.6 is 0 Å². The van der Waals surface area contributed by atoms with E-state index in [4.69, 9.17) is 5.73 Å². The topological polar surface area (TPSA) is 30.9 Å². The van der Waals surface area contributed by atoms with E-state index >= 15 is 0 Å². The van der Waals surface area contributed by atoms with Crippen molar-refractivity contribution in [2.24, 2.45) is 18.7 Å². The zero-order chi connectivity index (χ0) is 12.7. The lowest BCUT2D eigenvalue weighted by atomic mass is 9.95. The number of fused-ring (bicyclic) bond motifs is 1. The molecule has 2 nitrogen and oxygen atoms in total. The van der Waals surface area contributed by atoms with Gasteiger partial charge in [-0.3, -0.25) is 0 Å². The van der Waals surface area contributed by atoms with Gasteiger partial charge in [0.05, 0.1) is 5.52 Å². The summed E-state index contributed by atoms with van der Waals surface area (Å²) in [6, 6.07) is 5.37. The summed E-state index contributed by atoms with van der Waals surface area (Å²) in [4.78, 5) is 0. The molecule has 1 saturated carbocycles. The zero-order valence-electron chi connectivity index (χ0n) is 10.7. The van der Waals surface area contributed by atoms with Gasteiger partial charge in [0.1, 0.15) is 5.82 Å². The number of rotatable bonds is 2. The first-order chi connectivity index (χ1) is 8.65. The van der Waals surface area contributed by atoms with Gasteiger partial charge in [-0.2, -0.15) is 0 Å². The van der Waals surface area contributed by atoms with E-state index in [-0.39, 0.29) is 5.82 Å². The average Bonchev–Trinajstić information content (AvgIpc) is 2.86. The first kappa shape index (κ1) is 11.7. The highest BCUT2D eigenvalue weighted by Crippen LogP contribution is 2.30. The summed E-state index contributed by atoms with van der Waals surface area (Å²) in [5.74, 6) is 0.411. The standard InChI is InChI=1S/C15H19FN2/c1-18-9-11(7-10-3-2-4-14(10)17)13-6-5-12(16)8-15(13)18/h5-6,8-10,14H,2-4,7,17H2,1H3. The van der Waals surface area contributed by atoms with E-state index in [1.807, 2.05) is 17.7 Å². The Bertz CT molecular complexity index is 573. The van der Waals surface area contributed by atoms with Crippen LogP contribution in [0.5, 0.6) is 0 Å². The monoisotopic (exact) mass is 246 g/mol. The normalized spacial score (nSPS) is 23.9. The van der Waals surface area contributed by atoms with Gasteiger partial charge in [-0.15, -0.1) is 0 Å². The molecule has 18 heavy (non-hydrogen) atoms. The van der Waals surface area contributed by atoms with Crippen LogP contribution in [-0.2, 0) is 13.5 Å². The quantitative estimate of drug-likeness (QED) is 0.867. The van der Waals surface area contributed by atoms with Crippen molar-refractivity contribution in [1.82, 2.24) is 4.57 Å². The van der Waals surface area contributed by atoms with Crippen LogP contribution in [0.25, 0.3) is 10.9 Å². The van der Waals surface area contributed by atoms with E-state index in [0.29, 0.717) is 12.0 Å². The van der Waals surface area contributed by atoms with Crippen molar-refractivity contribution in [2.45, 2.75) is 31.7 Å². The number of benzene rings is 1. The molecule has 1 heterocycles. The van der Waals surface area contributed by atoms with Crippen LogP contribution < -0.4 is 5.73 Å². The van der Waals surface area contributed by atoms with Gasteiger partial charge in [0.2, 0.25) is 0 Å². The van der Waals surface area contributed by atoms with E-state index in [0.717, 1.165) is 23.7 Å². The van der Waals surface area contributed by atoms with Crippen molar-refractivity contribution in [3.8, 4) is 0 Å². The SMILES string of the molecule is Cn1cc(CC2CCCC2N)c2ccc(F)cc21. The molecule has 0 amide bonds. The summed E-state index contributed by atoms with van der Waals surface area (Å²) in [5.41, 5.74) is 8.40. The van der Waals surface area contributed by atoms with Crippen LogP contribution in [0, 0.1) is 11.7 Å². The zero-order valence-corrected chi connectivity index (χ0v) is 10.7. The van der Waals surface area contributed by atoms with E-state index in [2.05, 4.69) is 6.20 Å². The Hall–Kier alpha value is -1.35. The summed E-state index contributed by atoms with van der Waals surface area (Å²) in [7, 11) is 1.97. The summed E-state index contributed by atoms with van der Waals surface area (Å²) in [6.07, 6.45) is 6.74. The molecule has 0 spiro atoms. The summed E-state index contributed by atoms with van der Waals surface area (Å²) < 4.78 is 15.3. The fourth-order valence-electron chi connectivity index (χ4n) is 3.21. The van der Waals surface area contributed by atoms with Gasteiger partial charge < -0.3 is 10.3 Å². The number of aromatic nitrogens is 1. The van der Waals surface area contributed by atoms with Crippen LogP contribution in [0.1, 0.15) is 24.8 Å². The smallest absolute Gasteiger partial charge is 0.125 e. The molecule has 2 unspecified atom stereocenters. The lowest BCUT2D eigenvalue weighted by Crippen LogP contribution is -2.25. The first-order valence-electron chi connectivity index (χ1n) is 6.64. The van der Waals surface area contributed by atoms with E-state index in [1.165, 1.54) is 18.4 Å². The molecule has 96 valence electrons. The molecule has 3 rings (SSSR count). The van der Waals surface area contributed by atoms with E-state index in [9.17, 15) is 4.39 Å². The van der Waals surface area contributed by atoms with Crippen LogP contribution in [-0.4, -0.2) is 10.6 Å². The summed E-state index contributed by atoms with van der Waals surface area (Å²) in [5, 5.41) is 1.16. The second-order valence-corrected chi connectivity index (χ2v) is 5.49. The molecule has 1 aliphatic carbocycles. The molecule has 3 heteroatoms.